The van der Waals surface area contributed by atoms with Crippen molar-refractivity contribution in [1.29, 1.82) is 0 Å². The van der Waals surface area contributed by atoms with E-state index in [0.29, 0.717) is 28.7 Å². The molecular weight excluding hydrogens is 502 g/mol. The van der Waals surface area contributed by atoms with Crippen LogP contribution < -0.4 is 14.2 Å². The highest BCUT2D eigenvalue weighted by atomic mass is 32.1. The molecule has 0 radical (unpaired) electrons. The van der Waals surface area contributed by atoms with Crippen molar-refractivity contribution in [2.24, 2.45) is 0 Å². The molecule has 2 atom stereocenters. The highest BCUT2D eigenvalue weighted by molar-refractivity contribution is 7.11. The van der Waals surface area contributed by atoms with Crippen LogP contribution in [0.4, 0.5) is 0 Å². The number of nitrogens with zero attached hydrogens (tertiary/aromatic N) is 1. The lowest BCUT2D eigenvalue weighted by atomic mass is 9.91. The SMILES string of the molecule is COc1ccc2c(c1OCc1ccccc1)C[C@@H](C(=O)O)N(C(=O)C(Oc1cccs1)c1ccccc1)C2. The Bertz CT molecular complexity index is 1390. The number of rotatable bonds is 9. The zero-order chi connectivity index (χ0) is 26.5. The molecule has 1 aliphatic rings. The maximum absolute atomic E-state index is 14.0. The highest BCUT2D eigenvalue weighted by Crippen LogP contribution is 2.40. The number of thiophene rings is 1. The van der Waals surface area contributed by atoms with E-state index < -0.39 is 24.0 Å². The molecule has 1 N–H and O–H groups in total. The molecule has 38 heavy (non-hydrogen) atoms. The first-order valence-electron chi connectivity index (χ1n) is 12.2. The van der Waals surface area contributed by atoms with E-state index >= 15 is 0 Å². The topological polar surface area (TPSA) is 85.3 Å². The second kappa shape index (κ2) is 11.4. The minimum Gasteiger partial charge on any atom is -0.493 e. The van der Waals surface area contributed by atoms with Gasteiger partial charge in [-0.25, -0.2) is 4.79 Å². The Morgan fingerprint density at radius 3 is 2.39 bits per heavy atom. The lowest BCUT2D eigenvalue weighted by molar-refractivity contribution is -0.155. The Morgan fingerprint density at radius 2 is 1.74 bits per heavy atom. The number of carbonyl (C=O) groups excluding carboxylic acids is 1. The van der Waals surface area contributed by atoms with E-state index in [1.54, 1.807) is 19.2 Å². The van der Waals surface area contributed by atoms with Crippen LogP contribution in [0.15, 0.2) is 90.3 Å². The summed E-state index contributed by atoms with van der Waals surface area (Å²) in [6, 6.07) is 25.0. The van der Waals surface area contributed by atoms with Crippen LogP contribution >= 0.6 is 11.3 Å². The van der Waals surface area contributed by atoms with Crippen molar-refractivity contribution in [2.45, 2.75) is 31.7 Å². The van der Waals surface area contributed by atoms with Crippen LogP contribution in [-0.2, 0) is 29.2 Å². The summed E-state index contributed by atoms with van der Waals surface area (Å²) in [6.07, 6.45) is -0.900. The van der Waals surface area contributed by atoms with Crippen LogP contribution in [0.2, 0.25) is 0 Å². The van der Waals surface area contributed by atoms with Crippen molar-refractivity contribution in [3.63, 3.8) is 0 Å². The quantitative estimate of drug-likeness (QED) is 0.309. The standard InChI is InChI=1S/C30H27NO6S/c1-35-25-15-14-22-18-31(29(32)27(21-11-6-3-7-12-21)37-26-13-8-16-38-26)24(30(33)34)17-23(22)28(25)36-19-20-9-4-2-5-10-20/h2-16,24,27H,17-19H2,1H3,(H,33,34)/t24-,27?/m0/s1. The molecule has 0 aliphatic carbocycles. The first-order valence-corrected chi connectivity index (χ1v) is 13.1. The van der Waals surface area contributed by atoms with Gasteiger partial charge in [-0.2, -0.15) is 0 Å². The van der Waals surface area contributed by atoms with Gasteiger partial charge in [-0.05, 0) is 34.7 Å². The summed E-state index contributed by atoms with van der Waals surface area (Å²) in [5.41, 5.74) is 3.17. The summed E-state index contributed by atoms with van der Waals surface area (Å²) in [4.78, 5) is 27.8. The molecule has 1 amide bonds. The smallest absolute Gasteiger partial charge is 0.326 e. The van der Waals surface area contributed by atoms with Gasteiger partial charge in [-0.15, -0.1) is 11.3 Å². The lowest BCUT2D eigenvalue weighted by Gasteiger charge is -2.37. The van der Waals surface area contributed by atoms with E-state index in [-0.39, 0.29) is 13.0 Å². The molecule has 4 aromatic rings. The predicted molar refractivity (Wildman–Crippen MR) is 144 cm³/mol. The second-order valence-electron chi connectivity index (χ2n) is 8.87. The molecule has 0 saturated carbocycles. The average Bonchev–Trinajstić information content (AvgIpc) is 3.48. The Kier molecular flexibility index (Phi) is 7.60. The van der Waals surface area contributed by atoms with Gasteiger partial charge in [0.05, 0.1) is 7.11 Å². The number of ether oxygens (including phenoxy) is 3. The molecule has 0 saturated heterocycles. The number of aliphatic carboxylic acids is 1. The summed E-state index contributed by atoms with van der Waals surface area (Å²) in [5, 5.41) is 12.7. The highest BCUT2D eigenvalue weighted by Gasteiger charge is 2.40. The first-order chi connectivity index (χ1) is 18.5. The number of methoxy groups -OCH3 is 1. The van der Waals surface area contributed by atoms with Gasteiger partial charge in [-0.1, -0.05) is 66.7 Å². The molecule has 1 aromatic heterocycles. The number of benzene rings is 3. The minimum atomic E-state index is -1.10. The Hall–Kier alpha value is -4.30. The summed E-state index contributed by atoms with van der Waals surface area (Å²) < 4.78 is 17.8. The molecule has 1 unspecified atom stereocenters. The van der Waals surface area contributed by atoms with Crippen molar-refractivity contribution in [2.75, 3.05) is 7.11 Å². The third-order valence-electron chi connectivity index (χ3n) is 6.51. The number of hydrogen-bond donors (Lipinski definition) is 1. The maximum Gasteiger partial charge on any atom is 0.326 e. The fourth-order valence-corrected chi connectivity index (χ4v) is 5.20. The van der Waals surface area contributed by atoms with E-state index in [2.05, 4.69) is 0 Å². The molecule has 0 spiro atoms. The zero-order valence-electron chi connectivity index (χ0n) is 20.8. The summed E-state index contributed by atoms with van der Waals surface area (Å²) in [5.74, 6) is -0.484. The zero-order valence-corrected chi connectivity index (χ0v) is 21.6. The number of carboxylic acid groups (broad SMARTS) is 1. The Morgan fingerprint density at radius 1 is 1.00 bits per heavy atom. The van der Waals surface area contributed by atoms with Gasteiger partial charge in [0.2, 0.25) is 6.10 Å². The molecule has 5 rings (SSSR count). The molecule has 0 bridgehead atoms. The van der Waals surface area contributed by atoms with E-state index in [1.807, 2.05) is 78.2 Å². The van der Waals surface area contributed by atoms with Gasteiger partial charge < -0.3 is 24.2 Å². The van der Waals surface area contributed by atoms with Gasteiger partial charge in [0, 0.05) is 24.1 Å². The van der Waals surface area contributed by atoms with Gasteiger partial charge in [0.1, 0.15) is 12.6 Å². The van der Waals surface area contributed by atoms with E-state index in [0.717, 1.165) is 16.7 Å². The molecular formula is C30H27NO6S. The molecule has 7 nitrogen and oxygen atoms in total. The summed E-state index contributed by atoms with van der Waals surface area (Å²) >= 11 is 1.38. The molecule has 8 heteroatoms. The number of carboxylic acids is 1. The second-order valence-corrected chi connectivity index (χ2v) is 9.78. The molecule has 194 valence electrons. The third-order valence-corrected chi connectivity index (χ3v) is 7.26. The van der Waals surface area contributed by atoms with Crippen LogP contribution in [0.5, 0.6) is 16.6 Å². The predicted octanol–water partition coefficient (Wildman–Crippen LogP) is 5.49. The fourth-order valence-electron chi connectivity index (χ4n) is 4.60. The molecule has 1 aliphatic heterocycles. The van der Waals surface area contributed by atoms with Crippen molar-refractivity contribution in [1.82, 2.24) is 4.90 Å². The van der Waals surface area contributed by atoms with Gasteiger partial charge >= 0.3 is 5.97 Å². The van der Waals surface area contributed by atoms with Crippen LogP contribution in [0.1, 0.15) is 28.4 Å². The van der Waals surface area contributed by atoms with Gasteiger partial charge in [-0.3, -0.25) is 4.79 Å². The maximum atomic E-state index is 14.0. The summed E-state index contributed by atoms with van der Waals surface area (Å²) in [7, 11) is 1.55. The van der Waals surface area contributed by atoms with Crippen LogP contribution in [-0.4, -0.2) is 35.0 Å². The van der Waals surface area contributed by atoms with Crippen molar-refractivity contribution < 1.29 is 28.9 Å². The number of hydrogen-bond acceptors (Lipinski definition) is 6. The van der Waals surface area contributed by atoms with E-state index in [4.69, 9.17) is 14.2 Å². The first kappa shape index (κ1) is 25.4. The van der Waals surface area contributed by atoms with Gasteiger partial charge in [0.25, 0.3) is 5.91 Å². The van der Waals surface area contributed by atoms with E-state index in [9.17, 15) is 14.7 Å². The van der Waals surface area contributed by atoms with E-state index in [1.165, 1.54) is 16.2 Å². The fraction of sp³-hybridized carbons (Fsp3) is 0.200. The Labute approximate surface area is 224 Å². The van der Waals surface area contributed by atoms with Crippen molar-refractivity contribution >= 4 is 23.2 Å². The number of amides is 1. The molecule has 2 heterocycles. The number of carbonyl (C=O) groups is 2. The minimum absolute atomic E-state index is 0.0816. The Balaban J connectivity index is 1.48. The molecule has 0 fully saturated rings. The van der Waals surface area contributed by atoms with Crippen molar-refractivity contribution in [3.8, 4) is 16.6 Å². The van der Waals surface area contributed by atoms with Crippen LogP contribution in [0.3, 0.4) is 0 Å². The number of fused-ring (bicyclic) bond motifs is 1. The van der Waals surface area contributed by atoms with Crippen LogP contribution in [0.25, 0.3) is 0 Å². The lowest BCUT2D eigenvalue weighted by Crippen LogP contribution is -2.51. The monoisotopic (exact) mass is 529 g/mol. The average molecular weight is 530 g/mol. The van der Waals surface area contributed by atoms with Crippen LogP contribution in [0, 0.1) is 0 Å². The summed E-state index contributed by atoms with van der Waals surface area (Å²) in [6.45, 7) is 0.409. The molecule has 3 aromatic carbocycles. The van der Waals surface area contributed by atoms with Gasteiger partial charge in [0.15, 0.2) is 16.6 Å². The normalized spacial score (nSPS) is 15.3. The third kappa shape index (κ3) is 5.35. The largest absolute Gasteiger partial charge is 0.493 e. The van der Waals surface area contributed by atoms with Crippen molar-refractivity contribution in [3.05, 3.63) is 113 Å².